The van der Waals surface area contributed by atoms with Crippen molar-refractivity contribution >= 4 is 5.82 Å². The molecule has 1 aromatic heterocycles. The highest BCUT2D eigenvalue weighted by Gasteiger charge is 2.20. The van der Waals surface area contributed by atoms with E-state index in [1.807, 2.05) is 7.05 Å². The molecule has 3 heteroatoms. The van der Waals surface area contributed by atoms with E-state index in [4.69, 9.17) is 0 Å². The standard InChI is InChI=1S/C11H17N3/c1-3-8-5-4-6-9-7-10(12-2)13-14-11(8)9/h7-8H,3-6H2,1-2H3,(H,12,13). The lowest BCUT2D eigenvalue weighted by atomic mass is 9.85. The summed E-state index contributed by atoms with van der Waals surface area (Å²) in [6, 6.07) is 2.14. The van der Waals surface area contributed by atoms with Gasteiger partial charge in [0.2, 0.25) is 0 Å². The van der Waals surface area contributed by atoms with E-state index in [1.54, 1.807) is 0 Å². The van der Waals surface area contributed by atoms with E-state index < -0.39 is 0 Å². The van der Waals surface area contributed by atoms with Gasteiger partial charge >= 0.3 is 0 Å². The molecule has 1 atom stereocenters. The van der Waals surface area contributed by atoms with Crippen molar-refractivity contribution in [2.75, 3.05) is 12.4 Å². The lowest BCUT2D eigenvalue weighted by Gasteiger charge is -2.22. The summed E-state index contributed by atoms with van der Waals surface area (Å²) in [6.45, 7) is 2.23. The number of hydrogen-bond acceptors (Lipinski definition) is 3. The van der Waals surface area contributed by atoms with Crippen molar-refractivity contribution in [3.8, 4) is 0 Å². The molecule has 1 unspecified atom stereocenters. The van der Waals surface area contributed by atoms with Crippen molar-refractivity contribution in [1.29, 1.82) is 0 Å². The number of nitrogens with one attached hydrogen (secondary N) is 1. The Labute approximate surface area is 84.9 Å². The molecular formula is C11H17N3. The first kappa shape index (κ1) is 9.44. The number of fused-ring (bicyclic) bond motifs is 1. The quantitative estimate of drug-likeness (QED) is 0.779. The first-order valence-corrected chi connectivity index (χ1v) is 5.39. The Bertz CT molecular complexity index is 322. The summed E-state index contributed by atoms with van der Waals surface area (Å²) in [6.07, 6.45) is 4.91. The predicted octanol–water partition coefficient (Wildman–Crippen LogP) is 2.35. The highest BCUT2D eigenvalue weighted by atomic mass is 15.2. The van der Waals surface area contributed by atoms with Crippen LogP contribution in [0.25, 0.3) is 0 Å². The lowest BCUT2D eigenvalue weighted by Crippen LogP contribution is -2.13. The Hall–Kier alpha value is -1.12. The summed E-state index contributed by atoms with van der Waals surface area (Å²) in [5.74, 6) is 1.53. The summed E-state index contributed by atoms with van der Waals surface area (Å²) in [7, 11) is 1.89. The van der Waals surface area contributed by atoms with Crippen LogP contribution in [-0.2, 0) is 6.42 Å². The number of aromatic nitrogens is 2. The van der Waals surface area contributed by atoms with Gasteiger partial charge < -0.3 is 5.32 Å². The predicted molar refractivity (Wildman–Crippen MR) is 57.5 cm³/mol. The monoisotopic (exact) mass is 191 g/mol. The van der Waals surface area contributed by atoms with Gasteiger partial charge in [0.25, 0.3) is 0 Å². The minimum absolute atomic E-state index is 0.636. The molecule has 1 heterocycles. The van der Waals surface area contributed by atoms with Gasteiger partial charge in [-0.2, -0.15) is 5.10 Å². The van der Waals surface area contributed by atoms with Gasteiger partial charge in [-0.25, -0.2) is 0 Å². The van der Waals surface area contributed by atoms with Crippen LogP contribution in [0.1, 0.15) is 43.4 Å². The maximum atomic E-state index is 4.33. The van der Waals surface area contributed by atoms with Crippen molar-refractivity contribution in [3.05, 3.63) is 17.3 Å². The van der Waals surface area contributed by atoms with Crippen LogP contribution >= 0.6 is 0 Å². The summed E-state index contributed by atoms with van der Waals surface area (Å²) in [5.41, 5.74) is 2.63. The van der Waals surface area contributed by atoms with Crippen LogP contribution in [0, 0.1) is 0 Å². The molecule has 1 aliphatic carbocycles. The smallest absolute Gasteiger partial charge is 0.148 e. The molecule has 0 aliphatic heterocycles. The van der Waals surface area contributed by atoms with E-state index >= 15 is 0 Å². The third kappa shape index (κ3) is 1.59. The molecule has 0 amide bonds. The molecular weight excluding hydrogens is 174 g/mol. The number of anilines is 1. The van der Waals surface area contributed by atoms with Crippen molar-refractivity contribution in [1.82, 2.24) is 10.2 Å². The number of aryl methyl sites for hydroxylation is 1. The van der Waals surface area contributed by atoms with E-state index in [9.17, 15) is 0 Å². The molecule has 76 valence electrons. The summed E-state index contributed by atoms with van der Waals surface area (Å²) >= 11 is 0. The third-order valence-corrected chi connectivity index (χ3v) is 3.04. The second-order valence-electron chi connectivity index (χ2n) is 3.89. The molecule has 0 saturated heterocycles. The van der Waals surface area contributed by atoms with Gasteiger partial charge in [-0.15, -0.1) is 5.10 Å². The van der Waals surface area contributed by atoms with Gasteiger partial charge in [0.05, 0.1) is 5.69 Å². The van der Waals surface area contributed by atoms with Gasteiger partial charge in [-0.05, 0) is 37.3 Å². The van der Waals surface area contributed by atoms with Crippen LogP contribution in [-0.4, -0.2) is 17.2 Å². The lowest BCUT2D eigenvalue weighted by molar-refractivity contribution is 0.518. The molecule has 0 saturated carbocycles. The fourth-order valence-electron chi connectivity index (χ4n) is 2.18. The van der Waals surface area contributed by atoms with E-state index in [0.717, 1.165) is 12.2 Å². The zero-order valence-electron chi connectivity index (χ0n) is 8.88. The normalized spacial score (nSPS) is 20.3. The molecule has 0 radical (unpaired) electrons. The van der Waals surface area contributed by atoms with Gasteiger partial charge in [-0.1, -0.05) is 6.92 Å². The van der Waals surface area contributed by atoms with Crippen LogP contribution < -0.4 is 5.32 Å². The number of nitrogens with zero attached hydrogens (tertiary/aromatic N) is 2. The molecule has 0 bridgehead atoms. The molecule has 2 rings (SSSR count). The average Bonchev–Trinajstić information content (AvgIpc) is 2.27. The Morgan fingerprint density at radius 1 is 1.50 bits per heavy atom. The summed E-state index contributed by atoms with van der Waals surface area (Å²) in [4.78, 5) is 0. The molecule has 0 aromatic carbocycles. The van der Waals surface area contributed by atoms with E-state index in [-0.39, 0.29) is 0 Å². The molecule has 1 aliphatic rings. The second kappa shape index (κ2) is 3.95. The van der Waals surface area contributed by atoms with Gasteiger partial charge in [0, 0.05) is 13.0 Å². The van der Waals surface area contributed by atoms with Gasteiger partial charge in [0.15, 0.2) is 0 Å². The molecule has 0 fully saturated rings. The zero-order valence-corrected chi connectivity index (χ0v) is 8.88. The van der Waals surface area contributed by atoms with Crippen molar-refractivity contribution in [2.24, 2.45) is 0 Å². The first-order valence-electron chi connectivity index (χ1n) is 5.39. The highest BCUT2D eigenvalue weighted by Crippen LogP contribution is 2.32. The van der Waals surface area contributed by atoms with E-state index in [2.05, 4.69) is 28.5 Å². The van der Waals surface area contributed by atoms with E-state index in [1.165, 1.54) is 30.5 Å². The maximum absolute atomic E-state index is 4.33. The van der Waals surface area contributed by atoms with Crippen molar-refractivity contribution in [3.63, 3.8) is 0 Å². The summed E-state index contributed by atoms with van der Waals surface area (Å²) < 4.78 is 0. The third-order valence-electron chi connectivity index (χ3n) is 3.04. The Morgan fingerprint density at radius 2 is 2.36 bits per heavy atom. The average molecular weight is 191 g/mol. The Morgan fingerprint density at radius 3 is 3.07 bits per heavy atom. The van der Waals surface area contributed by atoms with Gasteiger partial charge in [0.1, 0.15) is 5.82 Å². The zero-order chi connectivity index (χ0) is 9.97. The maximum Gasteiger partial charge on any atom is 0.148 e. The van der Waals surface area contributed by atoms with Crippen molar-refractivity contribution in [2.45, 2.75) is 38.5 Å². The largest absolute Gasteiger partial charge is 0.372 e. The number of rotatable bonds is 2. The highest BCUT2D eigenvalue weighted by molar-refractivity contribution is 5.39. The Kier molecular flexibility index (Phi) is 2.66. The molecule has 0 spiro atoms. The topological polar surface area (TPSA) is 37.8 Å². The van der Waals surface area contributed by atoms with Crippen LogP contribution in [0.4, 0.5) is 5.82 Å². The SMILES string of the molecule is CCC1CCCc2cc(NC)nnc21. The second-order valence-corrected chi connectivity index (χ2v) is 3.89. The molecule has 14 heavy (non-hydrogen) atoms. The fourth-order valence-corrected chi connectivity index (χ4v) is 2.18. The Balaban J connectivity index is 2.35. The number of hydrogen-bond donors (Lipinski definition) is 1. The molecule has 1 N–H and O–H groups in total. The van der Waals surface area contributed by atoms with Gasteiger partial charge in [-0.3, -0.25) is 0 Å². The van der Waals surface area contributed by atoms with Crippen LogP contribution in [0.15, 0.2) is 6.07 Å². The van der Waals surface area contributed by atoms with Crippen LogP contribution in [0.3, 0.4) is 0 Å². The van der Waals surface area contributed by atoms with Crippen molar-refractivity contribution < 1.29 is 0 Å². The fraction of sp³-hybridized carbons (Fsp3) is 0.636. The molecule has 3 nitrogen and oxygen atoms in total. The minimum Gasteiger partial charge on any atom is -0.372 e. The minimum atomic E-state index is 0.636. The van der Waals surface area contributed by atoms with E-state index in [0.29, 0.717) is 5.92 Å². The van der Waals surface area contributed by atoms with Crippen LogP contribution in [0.5, 0.6) is 0 Å². The molecule has 1 aromatic rings. The van der Waals surface area contributed by atoms with Crippen LogP contribution in [0.2, 0.25) is 0 Å². The first-order chi connectivity index (χ1) is 6.85. The summed E-state index contributed by atoms with van der Waals surface area (Å²) in [5, 5.41) is 11.5.